The number of fused-ring (bicyclic) bond motifs is 2. The number of likely N-dealkylation sites (N-methyl/N-ethyl adjacent to an activating group) is 1. The average molecular weight is 599 g/mol. The minimum absolute atomic E-state index is 0.312. The molecule has 5 aromatic rings. The Labute approximate surface area is 253 Å². The Kier molecular flexibility index (Phi) is 8.77. The zero-order valence-corrected chi connectivity index (χ0v) is 25.0. The normalized spacial score (nSPS) is 14.1. The Morgan fingerprint density at radius 3 is 2.56 bits per heavy atom. The van der Waals surface area contributed by atoms with Crippen LogP contribution in [0.1, 0.15) is 6.42 Å². The molecule has 6 rings (SSSR count). The van der Waals surface area contributed by atoms with Gasteiger partial charge in [0.15, 0.2) is 16.6 Å². The second-order valence-corrected chi connectivity index (χ2v) is 11.4. The maximum absolute atomic E-state index is 12.4. The third-order valence-corrected chi connectivity index (χ3v) is 8.23. The molecule has 0 bridgehead atoms. The molecule has 1 fully saturated rings. The molecular formula is C31H34N8O3S. The lowest BCUT2D eigenvalue weighted by molar-refractivity contribution is 0.145. The van der Waals surface area contributed by atoms with Gasteiger partial charge in [0.1, 0.15) is 12.1 Å². The van der Waals surface area contributed by atoms with E-state index in [0.29, 0.717) is 34.7 Å². The van der Waals surface area contributed by atoms with Gasteiger partial charge in [0.05, 0.1) is 29.5 Å². The van der Waals surface area contributed by atoms with Gasteiger partial charge in [-0.05, 0) is 49.9 Å². The molecule has 0 radical (unpaired) electrons. The molecule has 0 unspecified atom stereocenters. The molecule has 3 aromatic carbocycles. The second kappa shape index (κ2) is 13.2. The van der Waals surface area contributed by atoms with Crippen molar-refractivity contribution in [2.45, 2.75) is 6.42 Å². The van der Waals surface area contributed by atoms with Crippen molar-refractivity contribution in [1.82, 2.24) is 24.8 Å². The van der Waals surface area contributed by atoms with Crippen LogP contribution in [0.3, 0.4) is 0 Å². The van der Waals surface area contributed by atoms with Crippen molar-refractivity contribution in [2.24, 2.45) is 0 Å². The van der Waals surface area contributed by atoms with Crippen LogP contribution in [-0.2, 0) is 0 Å². The zero-order valence-electron chi connectivity index (χ0n) is 24.2. The summed E-state index contributed by atoms with van der Waals surface area (Å²) in [6, 6.07) is 18.4. The lowest BCUT2D eigenvalue weighted by atomic mass is 10.2. The lowest BCUT2D eigenvalue weighted by Gasteiger charge is -2.32. The first kappa shape index (κ1) is 28.6. The van der Waals surface area contributed by atoms with Gasteiger partial charge in [0.2, 0.25) is 0 Å². The Morgan fingerprint density at radius 2 is 1.74 bits per heavy atom. The maximum Gasteiger partial charge on any atom is 0.323 e. The summed E-state index contributed by atoms with van der Waals surface area (Å²) < 4.78 is 12.7. The SMILES string of the molecule is COc1cc2c(Nc3nc4ccc(NC(=O)Nc5ccccc5)cc4s3)ncnc2cc1OCCCN1CCN(C)CC1. The Bertz CT molecular complexity index is 1710. The Morgan fingerprint density at radius 1 is 0.930 bits per heavy atom. The molecule has 0 saturated carbocycles. The molecule has 2 aromatic heterocycles. The predicted molar refractivity (Wildman–Crippen MR) is 172 cm³/mol. The van der Waals surface area contributed by atoms with E-state index < -0.39 is 0 Å². The predicted octanol–water partition coefficient (Wildman–Crippen LogP) is 5.65. The monoisotopic (exact) mass is 598 g/mol. The molecule has 12 heteroatoms. The minimum Gasteiger partial charge on any atom is -0.493 e. The standard InChI is InChI=1S/C31H34N8O3S/c1-38-12-14-39(15-13-38)11-6-16-42-27-19-25-23(18-26(27)41-2)29(33-20-32-25)37-31-36-24-10-9-22(17-28(24)43-31)35-30(40)34-21-7-4-3-5-8-21/h3-5,7-10,17-20H,6,11-16H2,1-2H3,(H2,34,35,40)(H,32,33,36,37). The number of carbonyl (C=O) groups is 1. The fourth-order valence-corrected chi connectivity index (χ4v) is 5.85. The molecule has 0 spiro atoms. The molecule has 43 heavy (non-hydrogen) atoms. The average Bonchev–Trinajstić information content (AvgIpc) is 3.42. The molecule has 3 heterocycles. The van der Waals surface area contributed by atoms with Crippen LogP contribution in [-0.4, -0.2) is 84.3 Å². The van der Waals surface area contributed by atoms with Crippen molar-refractivity contribution >= 4 is 60.8 Å². The van der Waals surface area contributed by atoms with Crippen LogP contribution in [0.15, 0.2) is 67.0 Å². The molecule has 1 aliphatic rings. The molecular weight excluding hydrogens is 564 g/mol. The highest BCUT2D eigenvalue weighted by Crippen LogP contribution is 2.36. The molecule has 0 atom stereocenters. The van der Waals surface area contributed by atoms with Gasteiger partial charge >= 0.3 is 6.03 Å². The quantitative estimate of drug-likeness (QED) is 0.175. The first-order chi connectivity index (χ1) is 21.0. The number of para-hydroxylation sites is 1. The number of ether oxygens (including phenoxy) is 2. The van der Waals surface area contributed by atoms with E-state index >= 15 is 0 Å². The van der Waals surface area contributed by atoms with E-state index in [1.165, 1.54) is 17.7 Å². The number of amides is 2. The molecule has 0 aliphatic carbocycles. The van der Waals surface area contributed by atoms with Crippen LogP contribution in [0.5, 0.6) is 11.5 Å². The third-order valence-electron chi connectivity index (χ3n) is 7.30. The molecule has 222 valence electrons. The second-order valence-electron chi connectivity index (χ2n) is 10.4. The molecule has 2 amide bonds. The van der Waals surface area contributed by atoms with Crippen molar-refractivity contribution in [1.29, 1.82) is 0 Å². The number of hydrogen-bond donors (Lipinski definition) is 3. The summed E-state index contributed by atoms with van der Waals surface area (Å²) in [5.74, 6) is 1.90. The summed E-state index contributed by atoms with van der Waals surface area (Å²) in [6.45, 7) is 6.03. The fraction of sp³-hybridized carbons (Fsp3) is 0.290. The topological polar surface area (TPSA) is 117 Å². The molecule has 3 N–H and O–H groups in total. The van der Waals surface area contributed by atoms with Crippen LogP contribution in [0.25, 0.3) is 21.1 Å². The first-order valence-corrected chi connectivity index (χ1v) is 15.0. The maximum atomic E-state index is 12.4. The molecule has 1 saturated heterocycles. The summed E-state index contributed by atoms with van der Waals surface area (Å²) in [7, 11) is 3.80. The van der Waals surface area contributed by atoms with Crippen molar-refractivity contribution in [2.75, 3.05) is 69.4 Å². The zero-order chi connectivity index (χ0) is 29.6. The van der Waals surface area contributed by atoms with Crippen LogP contribution >= 0.6 is 11.3 Å². The van der Waals surface area contributed by atoms with E-state index in [9.17, 15) is 4.79 Å². The number of urea groups is 1. The number of nitrogens with one attached hydrogen (secondary N) is 3. The summed E-state index contributed by atoms with van der Waals surface area (Å²) in [4.78, 5) is 30.9. The van der Waals surface area contributed by atoms with Crippen molar-refractivity contribution in [3.05, 3.63) is 67.0 Å². The third kappa shape index (κ3) is 7.11. The van der Waals surface area contributed by atoms with E-state index in [4.69, 9.17) is 14.5 Å². The highest BCUT2D eigenvalue weighted by molar-refractivity contribution is 7.22. The minimum atomic E-state index is -0.312. The summed E-state index contributed by atoms with van der Waals surface area (Å²) in [5.41, 5.74) is 2.94. The van der Waals surface area contributed by atoms with Gasteiger partial charge in [0.25, 0.3) is 0 Å². The van der Waals surface area contributed by atoms with Crippen LogP contribution < -0.4 is 25.4 Å². The highest BCUT2D eigenvalue weighted by Gasteiger charge is 2.16. The number of thiazole rings is 1. The van der Waals surface area contributed by atoms with E-state index in [1.54, 1.807) is 7.11 Å². The van der Waals surface area contributed by atoms with Gasteiger partial charge in [-0.15, -0.1) is 0 Å². The first-order valence-electron chi connectivity index (χ1n) is 14.2. The number of nitrogens with zero attached hydrogens (tertiary/aromatic N) is 5. The largest absolute Gasteiger partial charge is 0.493 e. The number of rotatable bonds is 10. The fourth-order valence-electron chi connectivity index (χ4n) is 4.95. The van der Waals surface area contributed by atoms with E-state index in [0.717, 1.165) is 66.0 Å². The Hall–Kier alpha value is -4.52. The number of anilines is 4. The number of methoxy groups -OCH3 is 1. The number of carbonyl (C=O) groups excluding carboxylic acids is 1. The van der Waals surface area contributed by atoms with Gasteiger partial charge in [-0.25, -0.2) is 19.7 Å². The van der Waals surface area contributed by atoms with Crippen molar-refractivity contribution < 1.29 is 14.3 Å². The number of piperazine rings is 1. The van der Waals surface area contributed by atoms with Gasteiger partial charge in [-0.2, -0.15) is 0 Å². The van der Waals surface area contributed by atoms with Gasteiger partial charge in [-0.3, -0.25) is 0 Å². The van der Waals surface area contributed by atoms with E-state index in [2.05, 4.69) is 42.8 Å². The van der Waals surface area contributed by atoms with E-state index in [1.807, 2.05) is 60.7 Å². The molecule has 11 nitrogen and oxygen atoms in total. The Balaban J connectivity index is 1.12. The summed E-state index contributed by atoms with van der Waals surface area (Å²) in [5, 5.41) is 10.5. The van der Waals surface area contributed by atoms with Crippen LogP contribution in [0.4, 0.5) is 27.1 Å². The number of benzene rings is 3. The number of hydrogen-bond acceptors (Lipinski definition) is 10. The van der Waals surface area contributed by atoms with Crippen LogP contribution in [0.2, 0.25) is 0 Å². The van der Waals surface area contributed by atoms with Gasteiger partial charge < -0.3 is 35.2 Å². The van der Waals surface area contributed by atoms with Crippen molar-refractivity contribution in [3.63, 3.8) is 0 Å². The van der Waals surface area contributed by atoms with Crippen LogP contribution in [0, 0.1) is 0 Å². The molecule has 1 aliphatic heterocycles. The van der Waals surface area contributed by atoms with Crippen molar-refractivity contribution in [3.8, 4) is 11.5 Å². The van der Waals surface area contributed by atoms with Gasteiger partial charge in [0, 0.05) is 55.6 Å². The van der Waals surface area contributed by atoms with E-state index in [-0.39, 0.29) is 6.03 Å². The lowest BCUT2D eigenvalue weighted by Crippen LogP contribution is -2.44. The number of aromatic nitrogens is 3. The van der Waals surface area contributed by atoms with Gasteiger partial charge in [-0.1, -0.05) is 29.5 Å². The highest BCUT2D eigenvalue weighted by atomic mass is 32.1. The summed E-state index contributed by atoms with van der Waals surface area (Å²) in [6.07, 6.45) is 2.46. The smallest absolute Gasteiger partial charge is 0.323 e. The summed E-state index contributed by atoms with van der Waals surface area (Å²) >= 11 is 1.47.